The van der Waals surface area contributed by atoms with Gasteiger partial charge in [-0.2, -0.15) is 0 Å². The Morgan fingerprint density at radius 2 is 2.08 bits per heavy atom. The van der Waals surface area contributed by atoms with Gasteiger partial charge in [-0.05, 0) is 44.4 Å². The first kappa shape index (κ1) is 10.2. The topological polar surface area (TPSA) is 26.0 Å². The molecule has 0 amide bonds. The maximum absolute atomic E-state index is 12.8. The van der Waals surface area contributed by atoms with Gasteiger partial charge in [0.2, 0.25) is 0 Å². The van der Waals surface area contributed by atoms with E-state index in [2.05, 4.69) is 0 Å². The first-order chi connectivity index (χ1) is 5.97. The molecule has 0 saturated heterocycles. The van der Waals surface area contributed by atoms with Gasteiger partial charge in [0.15, 0.2) is 0 Å². The average Bonchev–Trinajstić information content (AvgIpc) is 2.00. The molecule has 0 atom stereocenters. The first-order valence-electron chi connectivity index (χ1n) is 4.51. The summed E-state index contributed by atoms with van der Waals surface area (Å²) in [7, 11) is 0. The van der Waals surface area contributed by atoms with E-state index in [1.54, 1.807) is 12.1 Å². The van der Waals surface area contributed by atoms with Crippen LogP contribution >= 0.6 is 0 Å². The summed E-state index contributed by atoms with van der Waals surface area (Å²) in [5, 5.41) is 0. The van der Waals surface area contributed by atoms with Crippen molar-refractivity contribution in [1.82, 2.24) is 0 Å². The van der Waals surface area contributed by atoms with E-state index in [4.69, 9.17) is 5.73 Å². The lowest BCUT2D eigenvalue weighted by Gasteiger charge is -2.17. The van der Waals surface area contributed by atoms with Crippen molar-refractivity contribution in [3.63, 3.8) is 0 Å². The molecule has 0 aliphatic carbocycles. The van der Waals surface area contributed by atoms with Crippen molar-refractivity contribution in [1.29, 1.82) is 0 Å². The molecule has 0 spiro atoms. The lowest BCUT2D eigenvalue weighted by molar-refractivity contribution is 0.476. The van der Waals surface area contributed by atoms with Crippen molar-refractivity contribution < 1.29 is 4.39 Å². The van der Waals surface area contributed by atoms with E-state index >= 15 is 0 Å². The Morgan fingerprint density at radius 3 is 2.62 bits per heavy atom. The Kier molecular flexibility index (Phi) is 3.04. The zero-order chi connectivity index (χ0) is 9.90. The van der Waals surface area contributed by atoms with Crippen LogP contribution in [0.4, 0.5) is 4.39 Å². The third-order valence-electron chi connectivity index (χ3n) is 1.95. The molecule has 0 fully saturated rings. The molecule has 0 radical (unpaired) electrons. The summed E-state index contributed by atoms with van der Waals surface area (Å²) in [6, 6.07) is 6.67. The standard InChI is InChI=1S/C11H16FN/c1-11(2,13)7-6-9-4-3-5-10(12)8-9/h3-5,8H,6-7,13H2,1-2H3. The van der Waals surface area contributed by atoms with Gasteiger partial charge in [0.25, 0.3) is 0 Å². The fraction of sp³-hybridized carbons (Fsp3) is 0.455. The highest BCUT2D eigenvalue weighted by atomic mass is 19.1. The van der Waals surface area contributed by atoms with E-state index in [1.165, 1.54) is 6.07 Å². The zero-order valence-electron chi connectivity index (χ0n) is 8.18. The number of hydrogen-bond donors (Lipinski definition) is 1. The van der Waals surface area contributed by atoms with Gasteiger partial charge in [-0.3, -0.25) is 0 Å². The number of benzene rings is 1. The maximum atomic E-state index is 12.8. The van der Waals surface area contributed by atoms with E-state index in [0.29, 0.717) is 0 Å². The number of rotatable bonds is 3. The molecule has 0 bridgehead atoms. The highest BCUT2D eigenvalue weighted by Crippen LogP contribution is 2.11. The minimum atomic E-state index is -0.174. The lowest BCUT2D eigenvalue weighted by Crippen LogP contribution is -2.32. The molecule has 2 heteroatoms. The highest BCUT2D eigenvalue weighted by molar-refractivity contribution is 5.16. The number of halogens is 1. The fourth-order valence-electron chi connectivity index (χ4n) is 1.16. The van der Waals surface area contributed by atoms with Crippen LogP contribution in [-0.2, 0) is 6.42 Å². The monoisotopic (exact) mass is 181 g/mol. The van der Waals surface area contributed by atoms with Gasteiger partial charge < -0.3 is 5.73 Å². The molecule has 0 heterocycles. The van der Waals surface area contributed by atoms with Gasteiger partial charge in [-0.15, -0.1) is 0 Å². The van der Waals surface area contributed by atoms with E-state index in [9.17, 15) is 4.39 Å². The molecule has 1 nitrogen and oxygen atoms in total. The Labute approximate surface area is 78.8 Å². The second-order valence-electron chi connectivity index (χ2n) is 4.12. The zero-order valence-corrected chi connectivity index (χ0v) is 8.18. The molecule has 2 N–H and O–H groups in total. The second-order valence-corrected chi connectivity index (χ2v) is 4.12. The Hall–Kier alpha value is -0.890. The first-order valence-corrected chi connectivity index (χ1v) is 4.51. The van der Waals surface area contributed by atoms with Crippen molar-refractivity contribution in [3.8, 4) is 0 Å². The minimum Gasteiger partial charge on any atom is -0.326 e. The predicted molar refractivity (Wildman–Crippen MR) is 53.0 cm³/mol. The van der Waals surface area contributed by atoms with Crippen LogP contribution in [0.3, 0.4) is 0 Å². The minimum absolute atomic E-state index is 0.174. The molecule has 1 aromatic carbocycles. The number of nitrogens with two attached hydrogens (primary N) is 1. The van der Waals surface area contributed by atoms with E-state index in [0.717, 1.165) is 18.4 Å². The number of aryl methyl sites for hydroxylation is 1. The fourth-order valence-corrected chi connectivity index (χ4v) is 1.16. The molecular weight excluding hydrogens is 165 g/mol. The number of hydrogen-bond acceptors (Lipinski definition) is 1. The largest absolute Gasteiger partial charge is 0.326 e. The summed E-state index contributed by atoms with van der Waals surface area (Å²) in [6.45, 7) is 3.96. The molecule has 0 unspecified atom stereocenters. The van der Waals surface area contributed by atoms with E-state index in [-0.39, 0.29) is 11.4 Å². The van der Waals surface area contributed by atoms with Gasteiger partial charge in [0, 0.05) is 5.54 Å². The summed E-state index contributed by atoms with van der Waals surface area (Å²) >= 11 is 0. The van der Waals surface area contributed by atoms with Gasteiger partial charge in [-0.1, -0.05) is 12.1 Å². The third kappa shape index (κ3) is 4.04. The van der Waals surface area contributed by atoms with Crippen LogP contribution in [0.2, 0.25) is 0 Å². The van der Waals surface area contributed by atoms with Crippen molar-refractivity contribution in [2.24, 2.45) is 5.73 Å². The summed E-state index contributed by atoms with van der Waals surface area (Å²) < 4.78 is 12.8. The highest BCUT2D eigenvalue weighted by Gasteiger charge is 2.10. The van der Waals surface area contributed by atoms with Crippen LogP contribution in [0, 0.1) is 5.82 Å². The molecule has 1 rings (SSSR count). The van der Waals surface area contributed by atoms with Crippen LogP contribution in [0.25, 0.3) is 0 Å². The van der Waals surface area contributed by atoms with Gasteiger partial charge in [-0.25, -0.2) is 4.39 Å². The average molecular weight is 181 g/mol. The summed E-state index contributed by atoms with van der Waals surface area (Å²) in [5.41, 5.74) is 6.67. The SMILES string of the molecule is CC(C)(N)CCc1cccc(F)c1. The van der Waals surface area contributed by atoms with Crippen molar-refractivity contribution in [2.45, 2.75) is 32.2 Å². The third-order valence-corrected chi connectivity index (χ3v) is 1.95. The van der Waals surface area contributed by atoms with Crippen LogP contribution in [0.15, 0.2) is 24.3 Å². The van der Waals surface area contributed by atoms with Crippen LogP contribution in [0.5, 0.6) is 0 Å². The summed E-state index contributed by atoms with van der Waals surface area (Å²) in [5.74, 6) is -0.174. The van der Waals surface area contributed by atoms with Crippen molar-refractivity contribution >= 4 is 0 Å². The molecule has 13 heavy (non-hydrogen) atoms. The van der Waals surface area contributed by atoms with Gasteiger partial charge >= 0.3 is 0 Å². The van der Waals surface area contributed by atoms with Crippen LogP contribution in [0.1, 0.15) is 25.8 Å². The van der Waals surface area contributed by atoms with E-state index < -0.39 is 0 Å². The Balaban J connectivity index is 2.55. The molecule has 0 saturated carbocycles. The van der Waals surface area contributed by atoms with Crippen LogP contribution < -0.4 is 5.73 Å². The van der Waals surface area contributed by atoms with Gasteiger partial charge in [0.05, 0.1) is 0 Å². The molecule has 0 aliphatic rings. The summed E-state index contributed by atoms with van der Waals surface area (Å²) in [4.78, 5) is 0. The van der Waals surface area contributed by atoms with E-state index in [1.807, 2.05) is 19.9 Å². The summed E-state index contributed by atoms with van der Waals surface area (Å²) in [6.07, 6.45) is 1.71. The maximum Gasteiger partial charge on any atom is 0.123 e. The predicted octanol–water partition coefficient (Wildman–Crippen LogP) is 2.50. The lowest BCUT2D eigenvalue weighted by atomic mass is 9.97. The van der Waals surface area contributed by atoms with Gasteiger partial charge in [0.1, 0.15) is 5.82 Å². The molecule has 0 aliphatic heterocycles. The Morgan fingerprint density at radius 1 is 1.38 bits per heavy atom. The second kappa shape index (κ2) is 3.88. The molecular formula is C11H16FN. The quantitative estimate of drug-likeness (QED) is 0.761. The van der Waals surface area contributed by atoms with Crippen molar-refractivity contribution in [2.75, 3.05) is 0 Å². The smallest absolute Gasteiger partial charge is 0.123 e. The Bertz CT molecular complexity index is 276. The normalized spacial score (nSPS) is 11.7. The van der Waals surface area contributed by atoms with Crippen LogP contribution in [-0.4, -0.2) is 5.54 Å². The molecule has 72 valence electrons. The molecule has 1 aromatic rings. The van der Waals surface area contributed by atoms with Crippen molar-refractivity contribution in [3.05, 3.63) is 35.6 Å². The molecule has 0 aromatic heterocycles.